The molecule has 1 aromatic carbocycles. The second kappa shape index (κ2) is 8.67. The highest BCUT2D eigenvalue weighted by molar-refractivity contribution is 6.35. The summed E-state index contributed by atoms with van der Waals surface area (Å²) in [4.78, 5) is 29.0. The Labute approximate surface area is 151 Å². The lowest BCUT2D eigenvalue weighted by Crippen LogP contribution is -2.39. The Hall–Kier alpha value is -2.34. The summed E-state index contributed by atoms with van der Waals surface area (Å²) in [5.74, 6) is -0.490. The fourth-order valence-corrected chi connectivity index (χ4v) is 2.66. The van der Waals surface area contributed by atoms with E-state index < -0.39 is 5.97 Å². The molecular weight excluding hydrogens is 344 g/mol. The highest BCUT2D eigenvalue weighted by Crippen LogP contribution is 2.29. The summed E-state index contributed by atoms with van der Waals surface area (Å²) < 4.78 is 5.65. The van der Waals surface area contributed by atoms with Gasteiger partial charge in [0.1, 0.15) is 11.3 Å². The number of benzene rings is 1. The van der Waals surface area contributed by atoms with Gasteiger partial charge in [0, 0.05) is 24.7 Å². The lowest BCUT2D eigenvalue weighted by molar-refractivity contribution is -0.139. The maximum Gasteiger partial charge on any atom is 0.305 e. The number of hydrogen-bond acceptors (Lipinski definition) is 4. The van der Waals surface area contributed by atoms with Gasteiger partial charge in [-0.2, -0.15) is 0 Å². The summed E-state index contributed by atoms with van der Waals surface area (Å²) in [6.07, 6.45) is 1.54. The number of aromatic nitrogens is 1. The van der Waals surface area contributed by atoms with Crippen molar-refractivity contribution in [2.75, 3.05) is 19.7 Å². The van der Waals surface area contributed by atoms with E-state index in [2.05, 4.69) is 4.98 Å². The molecule has 6 nitrogen and oxygen atoms in total. The van der Waals surface area contributed by atoms with Gasteiger partial charge >= 0.3 is 5.97 Å². The van der Waals surface area contributed by atoms with Crippen molar-refractivity contribution in [3.63, 3.8) is 0 Å². The second-order valence-electron chi connectivity index (χ2n) is 6.11. The van der Waals surface area contributed by atoms with Crippen LogP contribution in [0.5, 0.6) is 5.75 Å². The molecule has 25 heavy (non-hydrogen) atoms. The normalized spacial score (nSPS) is 10.9. The van der Waals surface area contributed by atoms with E-state index in [1.807, 2.05) is 19.9 Å². The molecule has 1 amide bonds. The van der Waals surface area contributed by atoms with Gasteiger partial charge in [-0.05, 0) is 30.2 Å². The minimum atomic E-state index is -0.935. The van der Waals surface area contributed by atoms with E-state index in [0.29, 0.717) is 22.8 Å². The van der Waals surface area contributed by atoms with Gasteiger partial charge in [-0.1, -0.05) is 25.4 Å². The SMILES string of the molecule is CC(C)CN(CCC(=O)O)C(=O)COc1ccc(Cl)c2cccnc12. The molecule has 1 heterocycles. The molecule has 0 spiro atoms. The minimum absolute atomic E-state index is 0.0934. The molecule has 0 saturated heterocycles. The van der Waals surface area contributed by atoms with Crippen molar-refractivity contribution < 1.29 is 19.4 Å². The van der Waals surface area contributed by atoms with Crippen LogP contribution in [0.2, 0.25) is 5.02 Å². The number of carboxylic acids is 1. The van der Waals surface area contributed by atoms with Gasteiger partial charge in [-0.25, -0.2) is 0 Å². The summed E-state index contributed by atoms with van der Waals surface area (Å²) in [5, 5.41) is 10.1. The van der Waals surface area contributed by atoms with E-state index in [4.69, 9.17) is 21.4 Å². The summed E-state index contributed by atoms with van der Waals surface area (Å²) in [6, 6.07) is 6.98. The number of carbonyl (C=O) groups is 2. The smallest absolute Gasteiger partial charge is 0.305 e. The van der Waals surface area contributed by atoms with Crippen LogP contribution in [0.3, 0.4) is 0 Å². The Morgan fingerprint density at radius 1 is 1.32 bits per heavy atom. The molecule has 0 aliphatic carbocycles. The third-order valence-corrected chi connectivity index (χ3v) is 3.89. The number of aliphatic carboxylic acids is 1. The molecule has 2 rings (SSSR count). The van der Waals surface area contributed by atoms with E-state index in [9.17, 15) is 9.59 Å². The number of hydrogen-bond donors (Lipinski definition) is 1. The molecule has 0 radical (unpaired) electrons. The number of carboxylic acid groups (broad SMARTS) is 1. The van der Waals surface area contributed by atoms with Gasteiger partial charge in [-0.3, -0.25) is 14.6 Å². The monoisotopic (exact) mass is 364 g/mol. The summed E-state index contributed by atoms with van der Waals surface area (Å²) in [7, 11) is 0. The molecule has 0 fully saturated rings. The molecule has 134 valence electrons. The van der Waals surface area contributed by atoms with E-state index in [0.717, 1.165) is 5.39 Å². The third kappa shape index (κ3) is 5.32. The van der Waals surface area contributed by atoms with Crippen LogP contribution >= 0.6 is 11.6 Å². The average Bonchev–Trinajstić information content (AvgIpc) is 2.57. The fraction of sp³-hybridized carbons (Fsp3) is 0.389. The van der Waals surface area contributed by atoms with Crippen LogP contribution in [0.15, 0.2) is 30.5 Å². The standard InChI is InChI=1S/C18H21ClN2O4/c1-12(2)10-21(9-7-17(23)24)16(22)11-25-15-6-5-14(19)13-4-3-8-20-18(13)15/h3-6,8,12H,7,9-11H2,1-2H3,(H,23,24). The fourth-order valence-electron chi connectivity index (χ4n) is 2.45. The Bertz CT molecular complexity index is 764. The van der Waals surface area contributed by atoms with Gasteiger partial charge < -0.3 is 14.7 Å². The highest BCUT2D eigenvalue weighted by Gasteiger charge is 2.17. The zero-order valence-electron chi connectivity index (χ0n) is 14.2. The summed E-state index contributed by atoms with van der Waals surface area (Å²) >= 11 is 6.14. The van der Waals surface area contributed by atoms with Crippen molar-refractivity contribution in [1.29, 1.82) is 0 Å². The van der Waals surface area contributed by atoms with Gasteiger partial charge in [0.05, 0.1) is 11.4 Å². The first-order chi connectivity index (χ1) is 11.9. The van der Waals surface area contributed by atoms with Crippen LogP contribution in [0, 0.1) is 5.92 Å². The molecule has 0 unspecified atom stereocenters. The number of nitrogens with zero attached hydrogens (tertiary/aromatic N) is 2. The average molecular weight is 365 g/mol. The van der Waals surface area contributed by atoms with Crippen molar-refractivity contribution in [3.8, 4) is 5.75 Å². The molecule has 1 aromatic heterocycles. The van der Waals surface area contributed by atoms with Crippen molar-refractivity contribution >= 4 is 34.4 Å². The summed E-state index contributed by atoms with van der Waals surface area (Å²) in [5.41, 5.74) is 0.587. The lowest BCUT2D eigenvalue weighted by atomic mass is 10.2. The number of carbonyl (C=O) groups excluding carboxylic acids is 1. The number of fused-ring (bicyclic) bond motifs is 1. The molecule has 2 aromatic rings. The Kier molecular flexibility index (Phi) is 6.58. The molecule has 1 N–H and O–H groups in total. The van der Waals surface area contributed by atoms with Crippen LogP contribution < -0.4 is 4.74 Å². The number of ether oxygens (including phenoxy) is 1. The number of rotatable bonds is 8. The minimum Gasteiger partial charge on any atom is -0.481 e. The van der Waals surface area contributed by atoms with E-state index in [1.165, 1.54) is 4.90 Å². The van der Waals surface area contributed by atoms with Crippen LogP contribution in [0.1, 0.15) is 20.3 Å². The lowest BCUT2D eigenvalue weighted by Gasteiger charge is -2.24. The Morgan fingerprint density at radius 3 is 2.76 bits per heavy atom. The largest absolute Gasteiger partial charge is 0.481 e. The van der Waals surface area contributed by atoms with Gasteiger partial charge in [-0.15, -0.1) is 0 Å². The first-order valence-corrected chi connectivity index (χ1v) is 8.42. The molecular formula is C18H21ClN2O4. The Morgan fingerprint density at radius 2 is 2.08 bits per heavy atom. The highest BCUT2D eigenvalue weighted by atomic mass is 35.5. The maximum absolute atomic E-state index is 12.4. The van der Waals surface area contributed by atoms with E-state index >= 15 is 0 Å². The molecule has 0 atom stereocenters. The van der Waals surface area contributed by atoms with E-state index in [1.54, 1.807) is 24.4 Å². The van der Waals surface area contributed by atoms with Crippen LogP contribution in [-0.2, 0) is 9.59 Å². The van der Waals surface area contributed by atoms with Crippen molar-refractivity contribution in [2.24, 2.45) is 5.92 Å². The molecule has 7 heteroatoms. The molecule has 0 aliphatic heterocycles. The second-order valence-corrected chi connectivity index (χ2v) is 6.52. The van der Waals surface area contributed by atoms with Crippen molar-refractivity contribution in [2.45, 2.75) is 20.3 Å². The van der Waals surface area contributed by atoms with Crippen LogP contribution in [0.25, 0.3) is 10.9 Å². The predicted molar refractivity (Wildman–Crippen MR) is 95.9 cm³/mol. The van der Waals surface area contributed by atoms with Gasteiger partial charge in [0.15, 0.2) is 6.61 Å². The Balaban J connectivity index is 2.09. The van der Waals surface area contributed by atoms with Crippen molar-refractivity contribution in [3.05, 3.63) is 35.5 Å². The van der Waals surface area contributed by atoms with Crippen molar-refractivity contribution in [1.82, 2.24) is 9.88 Å². The van der Waals surface area contributed by atoms with Gasteiger partial charge in [0.25, 0.3) is 5.91 Å². The van der Waals surface area contributed by atoms with Crippen LogP contribution in [-0.4, -0.2) is 46.6 Å². The van der Waals surface area contributed by atoms with E-state index in [-0.39, 0.29) is 31.4 Å². The molecule has 0 bridgehead atoms. The van der Waals surface area contributed by atoms with Crippen LogP contribution in [0.4, 0.5) is 0 Å². The zero-order chi connectivity index (χ0) is 18.4. The predicted octanol–water partition coefficient (Wildman–Crippen LogP) is 3.23. The number of amides is 1. The van der Waals surface area contributed by atoms with Gasteiger partial charge in [0.2, 0.25) is 0 Å². The first-order valence-electron chi connectivity index (χ1n) is 8.04. The topological polar surface area (TPSA) is 79.7 Å². The third-order valence-electron chi connectivity index (χ3n) is 3.56. The number of pyridine rings is 1. The molecule has 0 aliphatic rings. The quantitative estimate of drug-likeness (QED) is 0.777. The summed E-state index contributed by atoms with van der Waals surface area (Å²) in [6.45, 7) is 4.40. The maximum atomic E-state index is 12.4. The zero-order valence-corrected chi connectivity index (χ0v) is 15.0. The molecule has 0 saturated carbocycles. The first kappa shape index (κ1) is 19.0. The number of halogens is 1.